The Labute approximate surface area is 212 Å². The van der Waals surface area contributed by atoms with Crippen LogP contribution in [-0.4, -0.2) is 44.9 Å². The number of nitrogens with one attached hydrogen (secondary N) is 1. The summed E-state index contributed by atoms with van der Waals surface area (Å²) in [5.41, 5.74) is 4.09. The van der Waals surface area contributed by atoms with Gasteiger partial charge in [-0.25, -0.2) is 4.98 Å². The Morgan fingerprint density at radius 2 is 2.08 bits per heavy atom. The highest BCUT2D eigenvalue weighted by Crippen LogP contribution is 2.28. The number of pyridine rings is 1. The summed E-state index contributed by atoms with van der Waals surface area (Å²) in [6.45, 7) is 12.3. The van der Waals surface area contributed by atoms with E-state index in [0.717, 1.165) is 54.2 Å². The number of carbonyl (C=O) groups is 1. The second-order valence-corrected chi connectivity index (χ2v) is 10.8. The average Bonchev–Trinajstić information content (AvgIpc) is 3.45. The van der Waals surface area contributed by atoms with E-state index in [1.54, 1.807) is 11.6 Å². The summed E-state index contributed by atoms with van der Waals surface area (Å²) in [7, 11) is 1.77. The lowest BCUT2D eigenvalue weighted by molar-refractivity contribution is -0.157. The second-order valence-electron chi connectivity index (χ2n) is 10.8. The van der Waals surface area contributed by atoms with Crippen molar-refractivity contribution in [3.63, 3.8) is 0 Å². The van der Waals surface area contributed by atoms with Crippen molar-refractivity contribution in [1.82, 2.24) is 19.4 Å². The highest BCUT2D eigenvalue weighted by atomic mass is 16.6. The van der Waals surface area contributed by atoms with Crippen molar-refractivity contribution in [3.8, 4) is 11.4 Å². The van der Waals surface area contributed by atoms with E-state index in [4.69, 9.17) is 14.5 Å². The molecule has 0 aliphatic carbocycles. The van der Waals surface area contributed by atoms with Crippen molar-refractivity contribution in [3.05, 3.63) is 51.9 Å². The Balaban J connectivity index is 1.67. The quantitative estimate of drug-likeness (QED) is 0.477. The highest BCUT2D eigenvalue weighted by Gasteiger charge is 2.24. The number of ether oxygens (including phenoxy) is 2. The maximum absolute atomic E-state index is 12.6. The standard InChI is InChI=1S/C28H38N4O4/c1-7-22(27(34)36-28(3,4)5)29-14-19-8-9-23-24(13-19)32(15-20-10-11-35-17-20)25(30-23)21-12-18(2)26(33)31(6)16-21/h8-9,12-13,16,20,22,29H,7,10-11,14-15,17H2,1-6H3/t20?,22-/m0/s1. The normalized spacial score (nSPS) is 17.0. The van der Waals surface area contributed by atoms with Gasteiger partial charge in [0.2, 0.25) is 0 Å². The van der Waals surface area contributed by atoms with Gasteiger partial charge < -0.3 is 23.9 Å². The molecule has 36 heavy (non-hydrogen) atoms. The third-order valence-corrected chi connectivity index (χ3v) is 6.55. The molecule has 3 aromatic rings. The second kappa shape index (κ2) is 10.6. The summed E-state index contributed by atoms with van der Waals surface area (Å²) in [6.07, 6.45) is 3.51. The van der Waals surface area contributed by atoms with Gasteiger partial charge in [0.1, 0.15) is 17.5 Å². The largest absolute Gasteiger partial charge is 0.459 e. The number of aryl methyl sites for hydroxylation is 2. The number of fused-ring (bicyclic) bond motifs is 1. The number of hydrogen-bond donors (Lipinski definition) is 1. The van der Waals surface area contributed by atoms with Crippen LogP contribution in [0.2, 0.25) is 0 Å². The predicted octanol–water partition coefficient (Wildman–Crippen LogP) is 3.96. The van der Waals surface area contributed by atoms with Crippen molar-refractivity contribution in [1.29, 1.82) is 0 Å². The third kappa shape index (κ3) is 5.87. The SMILES string of the molecule is CC[C@H](NCc1ccc2nc(-c3cc(C)c(=O)n(C)c3)n(CC3CCOC3)c2c1)C(=O)OC(C)(C)C. The van der Waals surface area contributed by atoms with Gasteiger partial charge in [-0.3, -0.25) is 9.59 Å². The summed E-state index contributed by atoms with van der Waals surface area (Å²) < 4.78 is 15.1. The van der Waals surface area contributed by atoms with Gasteiger partial charge in [-0.15, -0.1) is 0 Å². The summed E-state index contributed by atoms with van der Waals surface area (Å²) in [4.78, 5) is 29.8. The number of imidazole rings is 1. The Kier molecular flexibility index (Phi) is 7.66. The van der Waals surface area contributed by atoms with Crippen molar-refractivity contribution in [2.24, 2.45) is 13.0 Å². The van der Waals surface area contributed by atoms with E-state index in [-0.39, 0.29) is 17.6 Å². The summed E-state index contributed by atoms with van der Waals surface area (Å²) in [5, 5.41) is 3.36. The van der Waals surface area contributed by atoms with Crippen LogP contribution in [0.5, 0.6) is 0 Å². The Morgan fingerprint density at radius 1 is 1.31 bits per heavy atom. The van der Waals surface area contributed by atoms with Gasteiger partial charge in [-0.1, -0.05) is 13.0 Å². The molecule has 0 saturated carbocycles. The van der Waals surface area contributed by atoms with Crippen LogP contribution in [0.4, 0.5) is 0 Å². The summed E-state index contributed by atoms with van der Waals surface area (Å²) in [5.74, 6) is 1.03. The van der Waals surface area contributed by atoms with Crippen LogP contribution in [-0.2, 0) is 34.4 Å². The van der Waals surface area contributed by atoms with E-state index in [1.807, 2.05) is 59.0 Å². The number of hydrogen-bond acceptors (Lipinski definition) is 6. The Hall–Kier alpha value is -2.97. The lowest BCUT2D eigenvalue weighted by Gasteiger charge is -2.24. The minimum Gasteiger partial charge on any atom is -0.459 e. The van der Waals surface area contributed by atoms with E-state index in [1.165, 1.54) is 0 Å². The van der Waals surface area contributed by atoms with Crippen molar-refractivity contribution in [2.45, 2.75) is 72.2 Å². The number of esters is 1. The molecule has 194 valence electrons. The molecule has 2 aromatic heterocycles. The minimum atomic E-state index is -0.517. The molecule has 3 heterocycles. The molecule has 2 atom stereocenters. The van der Waals surface area contributed by atoms with Crippen LogP contribution in [0.1, 0.15) is 51.7 Å². The van der Waals surface area contributed by atoms with Crippen LogP contribution in [0.25, 0.3) is 22.4 Å². The van der Waals surface area contributed by atoms with Crippen LogP contribution in [0.3, 0.4) is 0 Å². The molecule has 1 saturated heterocycles. The van der Waals surface area contributed by atoms with Gasteiger partial charge >= 0.3 is 5.97 Å². The molecule has 1 N–H and O–H groups in total. The monoisotopic (exact) mass is 494 g/mol. The molecular weight excluding hydrogens is 456 g/mol. The van der Waals surface area contributed by atoms with E-state index in [9.17, 15) is 9.59 Å². The summed E-state index contributed by atoms with van der Waals surface area (Å²) in [6, 6.07) is 7.76. The first-order valence-corrected chi connectivity index (χ1v) is 12.8. The predicted molar refractivity (Wildman–Crippen MR) is 141 cm³/mol. The maximum Gasteiger partial charge on any atom is 0.323 e. The zero-order chi connectivity index (χ0) is 26.0. The molecule has 4 rings (SSSR count). The number of carbonyl (C=O) groups excluding carboxylic acids is 1. The third-order valence-electron chi connectivity index (χ3n) is 6.55. The van der Waals surface area contributed by atoms with Gasteiger partial charge in [-0.2, -0.15) is 0 Å². The molecule has 1 unspecified atom stereocenters. The van der Waals surface area contributed by atoms with E-state index < -0.39 is 5.60 Å². The van der Waals surface area contributed by atoms with Gasteiger partial charge in [-0.05, 0) is 64.3 Å². The number of rotatable bonds is 8. The summed E-state index contributed by atoms with van der Waals surface area (Å²) >= 11 is 0. The van der Waals surface area contributed by atoms with E-state index >= 15 is 0 Å². The van der Waals surface area contributed by atoms with Crippen molar-refractivity contribution in [2.75, 3.05) is 13.2 Å². The van der Waals surface area contributed by atoms with Crippen molar-refractivity contribution >= 4 is 17.0 Å². The molecule has 0 bridgehead atoms. The van der Waals surface area contributed by atoms with Crippen LogP contribution in [0, 0.1) is 12.8 Å². The first-order chi connectivity index (χ1) is 17.1. The molecule has 1 aliphatic rings. The lowest BCUT2D eigenvalue weighted by atomic mass is 10.1. The number of aromatic nitrogens is 3. The molecule has 8 nitrogen and oxygen atoms in total. The average molecular weight is 495 g/mol. The van der Waals surface area contributed by atoms with Crippen LogP contribution < -0.4 is 10.9 Å². The first-order valence-electron chi connectivity index (χ1n) is 12.8. The molecule has 1 fully saturated rings. The van der Waals surface area contributed by atoms with E-state index in [2.05, 4.69) is 16.0 Å². The topological polar surface area (TPSA) is 87.4 Å². The number of nitrogens with zero attached hydrogens (tertiary/aromatic N) is 3. The van der Waals surface area contributed by atoms with Gasteiger partial charge in [0.25, 0.3) is 5.56 Å². The smallest absolute Gasteiger partial charge is 0.323 e. The molecule has 0 amide bonds. The number of benzene rings is 1. The zero-order valence-electron chi connectivity index (χ0n) is 22.3. The fourth-order valence-corrected chi connectivity index (χ4v) is 4.68. The molecule has 0 spiro atoms. The first kappa shape index (κ1) is 26.1. The highest BCUT2D eigenvalue weighted by molar-refractivity contribution is 5.81. The fourth-order valence-electron chi connectivity index (χ4n) is 4.68. The van der Waals surface area contributed by atoms with Gasteiger partial charge in [0, 0.05) is 50.0 Å². The zero-order valence-corrected chi connectivity index (χ0v) is 22.3. The Morgan fingerprint density at radius 3 is 2.72 bits per heavy atom. The van der Waals surface area contributed by atoms with Crippen LogP contribution >= 0.6 is 0 Å². The van der Waals surface area contributed by atoms with Gasteiger partial charge in [0.15, 0.2) is 0 Å². The van der Waals surface area contributed by atoms with Gasteiger partial charge in [0.05, 0.1) is 17.6 Å². The fraction of sp³-hybridized carbons (Fsp3) is 0.536. The minimum absolute atomic E-state index is 0.00516. The lowest BCUT2D eigenvalue weighted by Crippen LogP contribution is -2.40. The molecule has 0 radical (unpaired) electrons. The molecular formula is C28H38N4O4. The maximum atomic E-state index is 12.6. The Bertz CT molecular complexity index is 1270. The van der Waals surface area contributed by atoms with E-state index in [0.29, 0.717) is 24.4 Å². The molecule has 1 aromatic carbocycles. The molecule has 8 heteroatoms. The van der Waals surface area contributed by atoms with Crippen molar-refractivity contribution < 1.29 is 14.3 Å². The van der Waals surface area contributed by atoms with Crippen LogP contribution in [0.15, 0.2) is 35.3 Å². The molecule has 1 aliphatic heterocycles.